The lowest BCUT2D eigenvalue weighted by Gasteiger charge is -2.05. The van der Waals surface area contributed by atoms with Gasteiger partial charge in [0, 0.05) is 5.56 Å². The van der Waals surface area contributed by atoms with Gasteiger partial charge in [-0.3, -0.25) is 4.79 Å². The molecule has 100 valence electrons. The number of nitrogens with zero attached hydrogens (tertiary/aromatic N) is 1. The highest BCUT2D eigenvalue weighted by molar-refractivity contribution is 6.08. The second kappa shape index (κ2) is 4.75. The monoisotopic (exact) mass is 271 g/mol. The minimum atomic E-state index is -4.68. The van der Waals surface area contributed by atoms with Gasteiger partial charge in [-0.15, -0.1) is 0 Å². The Morgan fingerprint density at radius 1 is 1.26 bits per heavy atom. The molecule has 0 atom stereocenters. The molecule has 1 heterocycles. The van der Waals surface area contributed by atoms with Crippen LogP contribution in [0.2, 0.25) is 0 Å². The van der Waals surface area contributed by atoms with Gasteiger partial charge in [0.1, 0.15) is 11.3 Å². The smallest absolute Gasteiger partial charge is 0.421 e. The first-order valence-corrected chi connectivity index (χ1v) is 5.14. The number of carbonyl (C=O) groups excluding carboxylic acids is 1. The van der Waals surface area contributed by atoms with Gasteiger partial charge in [0.25, 0.3) is 0 Å². The zero-order valence-electron chi connectivity index (χ0n) is 9.69. The number of benzene rings is 1. The number of halogens is 3. The number of rotatable bonds is 3. The van der Waals surface area contributed by atoms with Crippen LogP contribution in [-0.4, -0.2) is 18.0 Å². The van der Waals surface area contributed by atoms with Gasteiger partial charge in [-0.1, -0.05) is 5.16 Å². The van der Waals surface area contributed by atoms with E-state index in [1.54, 1.807) is 0 Å². The summed E-state index contributed by atoms with van der Waals surface area (Å²) in [6.07, 6.45) is -4.20. The average Bonchev–Trinajstić information content (AvgIpc) is 2.87. The van der Waals surface area contributed by atoms with Gasteiger partial charge in [-0.25, -0.2) is 0 Å². The summed E-state index contributed by atoms with van der Waals surface area (Å²) in [5.74, 6) is -1.21. The average molecular weight is 271 g/mol. The maximum Gasteiger partial charge on any atom is 0.421 e. The number of aromatic nitrogens is 1. The van der Waals surface area contributed by atoms with Crippen molar-refractivity contribution in [1.29, 1.82) is 0 Å². The molecule has 0 aliphatic carbocycles. The molecule has 1 aromatic heterocycles. The van der Waals surface area contributed by atoms with E-state index in [4.69, 9.17) is 4.74 Å². The summed E-state index contributed by atoms with van der Waals surface area (Å²) in [6, 6.07) is 5.64. The lowest BCUT2D eigenvalue weighted by atomic mass is 10.1. The summed E-state index contributed by atoms with van der Waals surface area (Å²) >= 11 is 0. The minimum Gasteiger partial charge on any atom is -0.497 e. The molecule has 0 N–H and O–H groups in total. The third-order valence-electron chi connectivity index (χ3n) is 2.43. The second-order valence-corrected chi connectivity index (χ2v) is 3.62. The fourth-order valence-electron chi connectivity index (χ4n) is 1.48. The van der Waals surface area contributed by atoms with Crippen LogP contribution in [-0.2, 0) is 6.18 Å². The maximum atomic E-state index is 12.6. The molecule has 0 aliphatic rings. The zero-order chi connectivity index (χ0) is 14.0. The third kappa shape index (κ3) is 2.59. The number of hydrogen-bond donors (Lipinski definition) is 0. The second-order valence-electron chi connectivity index (χ2n) is 3.62. The van der Waals surface area contributed by atoms with Gasteiger partial charge in [0.05, 0.1) is 13.3 Å². The first-order chi connectivity index (χ1) is 8.93. The van der Waals surface area contributed by atoms with Crippen LogP contribution in [0.25, 0.3) is 0 Å². The van der Waals surface area contributed by atoms with Crippen molar-refractivity contribution in [3.63, 3.8) is 0 Å². The summed E-state index contributed by atoms with van der Waals surface area (Å²) in [5, 5.41) is 3.03. The molecule has 2 rings (SSSR count). The Kier molecular flexibility index (Phi) is 3.28. The quantitative estimate of drug-likeness (QED) is 0.805. The van der Waals surface area contributed by atoms with Crippen molar-refractivity contribution >= 4 is 5.78 Å². The van der Waals surface area contributed by atoms with E-state index < -0.39 is 23.3 Å². The lowest BCUT2D eigenvalue weighted by molar-refractivity contribution is -0.138. The first kappa shape index (κ1) is 13.1. The number of ether oxygens (including phenoxy) is 1. The summed E-state index contributed by atoms with van der Waals surface area (Å²) < 4.78 is 47.1. The molecule has 0 saturated heterocycles. The fourth-order valence-corrected chi connectivity index (χ4v) is 1.48. The molecule has 0 aliphatic heterocycles. The number of alkyl halides is 3. The molecule has 7 heteroatoms. The van der Waals surface area contributed by atoms with Crippen LogP contribution in [0.3, 0.4) is 0 Å². The zero-order valence-corrected chi connectivity index (χ0v) is 9.69. The van der Waals surface area contributed by atoms with Crippen LogP contribution in [0.5, 0.6) is 5.75 Å². The van der Waals surface area contributed by atoms with Gasteiger partial charge in [0.15, 0.2) is 0 Å². The highest BCUT2D eigenvalue weighted by Gasteiger charge is 2.39. The van der Waals surface area contributed by atoms with Crippen LogP contribution in [0.1, 0.15) is 21.7 Å². The molecule has 1 aromatic carbocycles. The molecule has 4 nitrogen and oxygen atoms in total. The Labute approximate surface area is 105 Å². The van der Waals surface area contributed by atoms with E-state index in [1.807, 2.05) is 0 Å². The topological polar surface area (TPSA) is 52.3 Å². The van der Waals surface area contributed by atoms with Crippen LogP contribution in [0, 0.1) is 0 Å². The van der Waals surface area contributed by atoms with Gasteiger partial charge in [-0.2, -0.15) is 13.2 Å². The predicted octanol–water partition coefficient (Wildman–Crippen LogP) is 2.93. The Balaban J connectivity index is 2.36. The molecule has 0 fully saturated rings. The van der Waals surface area contributed by atoms with Crippen LogP contribution in [0.4, 0.5) is 13.2 Å². The van der Waals surface area contributed by atoms with Gasteiger partial charge < -0.3 is 9.26 Å². The first-order valence-electron chi connectivity index (χ1n) is 5.14. The van der Waals surface area contributed by atoms with Crippen LogP contribution < -0.4 is 4.74 Å². The van der Waals surface area contributed by atoms with E-state index in [0.717, 1.165) is 0 Å². The van der Waals surface area contributed by atoms with Crippen molar-refractivity contribution in [2.75, 3.05) is 7.11 Å². The van der Waals surface area contributed by atoms with E-state index in [-0.39, 0.29) is 5.56 Å². The molecule has 0 spiro atoms. The molecule has 19 heavy (non-hydrogen) atoms. The highest BCUT2D eigenvalue weighted by Crippen LogP contribution is 2.32. The van der Waals surface area contributed by atoms with E-state index in [9.17, 15) is 18.0 Å². The van der Waals surface area contributed by atoms with Crippen molar-refractivity contribution in [2.45, 2.75) is 6.18 Å². The van der Waals surface area contributed by atoms with Crippen molar-refractivity contribution in [3.8, 4) is 5.75 Å². The molecule has 0 saturated carbocycles. The Morgan fingerprint density at radius 3 is 2.42 bits per heavy atom. The molecule has 0 amide bonds. The van der Waals surface area contributed by atoms with Crippen LogP contribution >= 0.6 is 0 Å². The largest absolute Gasteiger partial charge is 0.497 e. The Morgan fingerprint density at radius 2 is 1.89 bits per heavy atom. The van der Waals surface area contributed by atoms with Crippen molar-refractivity contribution in [2.24, 2.45) is 0 Å². The van der Waals surface area contributed by atoms with Gasteiger partial charge >= 0.3 is 6.18 Å². The van der Waals surface area contributed by atoms with E-state index in [1.165, 1.54) is 31.4 Å². The van der Waals surface area contributed by atoms with E-state index in [2.05, 4.69) is 9.68 Å². The predicted molar refractivity (Wildman–Crippen MR) is 57.9 cm³/mol. The van der Waals surface area contributed by atoms with Crippen molar-refractivity contribution < 1.29 is 27.2 Å². The standard InChI is InChI=1S/C12H8F3NO3/c1-18-8-4-2-7(3-5-8)10(17)11-9(6-16-19-11)12(13,14)15/h2-6H,1H3. The molecule has 2 aromatic rings. The van der Waals surface area contributed by atoms with E-state index >= 15 is 0 Å². The maximum absolute atomic E-state index is 12.6. The number of hydrogen-bond acceptors (Lipinski definition) is 4. The minimum absolute atomic E-state index is 0.0584. The summed E-state index contributed by atoms with van der Waals surface area (Å²) in [7, 11) is 1.44. The Bertz CT molecular complexity index is 587. The number of ketones is 1. The number of carbonyl (C=O) groups is 1. The molecular weight excluding hydrogens is 263 g/mol. The lowest BCUT2D eigenvalue weighted by Crippen LogP contribution is -2.11. The Hall–Kier alpha value is -2.31. The highest BCUT2D eigenvalue weighted by atomic mass is 19.4. The summed E-state index contributed by atoms with van der Waals surface area (Å²) in [6.45, 7) is 0. The normalized spacial score (nSPS) is 11.4. The third-order valence-corrected chi connectivity index (χ3v) is 2.43. The molecule has 0 unspecified atom stereocenters. The van der Waals surface area contributed by atoms with Crippen molar-refractivity contribution in [3.05, 3.63) is 47.3 Å². The fraction of sp³-hybridized carbons (Fsp3) is 0.167. The summed E-state index contributed by atoms with van der Waals surface area (Å²) in [4.78, 5) is 11.9. The number of methoxy groups -OCH3 is 1. The van der Waals surface area contributed by atoms with Crippen molar-refractivity contribution in [1.82, 2.24) is 5.16 Å². The van der Waals surface area contributed by atoms with Crippen LogP contribution in [0.15, 0.2) is 35.0 Å². The molecule has 0 bridgehead atoms. The SMILES string of the molecule is COc1ccc(C(=O)c2oncc2C(F)(F)F)cc1. The molecular formula is C12H8F3NO3. The molecule has 0 radical (unpaired) electrons. The van der Waals surface area contributed by atoms with E-state index in [0.29, 0.717) is 11.9 Å². The van der Waals surface area contributed by atoms with Gasteiger partial charge in [-0.05, 0) is 24.3 Å². The summed E-state index contributed by atoms with van der Waals surface area (Å²) in [5.41, 5.74) is -1.13. The van der Waals surface area contributed by atoms with Gasteiger partial charge in [0.2, 0.25) is 11.5 Å².